The molecule has 0 aromatic heterocycles. The predicted octanol–water partition coefficient (Wildman–Crippen LogP) is 1.65. The van der Waals surface area contributed by atoms with Crippen LogP contribution in [-0.2, 0) is 40.6 Å². The van der Waals surface area contributed by atoms with Crippen molar-refractivity contribution in [1.29, 1.82) is 0 Å². The number of ketones is 1. The van der Waals surface area contributed by atoms with Crippen LogP contribution >= 0.6 is 0 Å². The SMILES string of the molecule is CC1=CC(=C(c2cc(C)c(O)c(CN(CC(=O)O)CC(=O)O)c2)c2ccccc2S(=O)(=O)O)C=C(CN(CC(=O)O)CC(=O)O)C1=O. The number of hydrogen-bond acceptors (Lipinski definition) is 10. The van der Waals surface area contributed by atoms with Crippen LogP contribution < -0.4 is 0 Å². The fraction of sp³-hybridized carbons (Fsp3) is 0.258. The number of carboxylic acids is 4. The number of benzene rings is 2. The quantitative estimate of drug-likeness (QED) is 0.147. The molecule has 2 aromatic rings. The van der Waals surface area contributed by atoms with Crippen molar-refractivity contribution in [1.82, 2.24) is 9.80 Å². The van der Waals surface area contributed by atoms with E-state index in [1.807, 2.05) is 0 Å². The maximum Gasteiger partial charge on any atom is 0.317 e. The molecule has 250 valence electrons. The number of carbonyl (C=O) groups is 5. The van der Waals surface area contributed by atoms with Crippen LogP contribution in [0.2, 0.25) is 0 Å². The van der Waals surface area contributed by atoms with E-state index in [9.17, 15) is 62.5 Å². The number of allylic oxidation sites excluding steroid dienone is 4. The molecule has 16 heteroatoms. The average molecular weight is 673 g/mol. The number of aromatic hydroxyl groups is 1. The minimum atomic E-state index is -4.85. The van der Waals surface area contributed by atoms with Crippen molar-refractivity contribution in [2.24, 2.45) is 0 Å². The van der Waals surface area contributed by atoms with Crippen LogP contribution in [0.4, 0.5) is 0 Å². The monoisotopic (exact) mass is 672 g/mol. The van der Waals surface area contributed by atoms with E-state index in [0.717, 1.165) is 15.9 Å². The van der Waals surface area contributed by atoms with Gasteiger partial charge in [-0.25, -0.2) is 0 Å². The number of aliphatic carboxylic acids is 4. The molecule has 0 atom stereocenters. The van der Waals surface area contributed by atoms with Crippen LogP contribution in [0.5, 0.6) is 5.75 Å². The second-order valence-corrected chi connectivity index (χ2v) is 12.2. The van der Waals surface area contributed by atoms with Gasteiger partial charge in [-0.3, -0.25) is 38.3 Å². The molecule has 0 spiro atoms. The lowest BCUT2D eigenvalue weighted by atomic mass is 9.85. The summed E-state index contributed by atoms with van der Waals surface area (Å²) in [5, 5.41) is 48.1. The smallest absolute Gasteiger partial charge is 0.317 e. The topological polar surface area (TPSA) is 247 Å². The lowest BCUT2D eigenvalue weighted by Crippen LogP contribution is -2.37. The lowest BCUT2D eigenvalue weighted by molar-refractivity contribution is -0.143. The van der Waals surface area contributed by atoms with E-state index < -0.39 is 77.4 Å². The molecule has 2 aromatic carbocycles. The number of carboxylic acid groups (broad SMARTS) is 4. The van der Waals surface area contributed by atoms with E-state index >= 15 is 0 Å². The van der Waals surface area contributed by atoms with Gasteiger partial charge in [-0.2, -0.15) is 8.42 Å². The van der Waals surface area contributed by atoms with E-state index in [1.54, 1.807) is 0 Å². The molecule has 1 aliphatic carbocycles. The van der Waals surface area contributed by atoms with Gasteiger partial charge in [0.25, 0.3) is 10.1 Å². The second kappa shape index (κ2) is 15.0. The summed E-state index contributed by atoms with van der Waals surface area (Å²) in [6.07, 6.45) is 2.76. The average Bonchev–Trinajstić information content (AvgIpc) is 2.92. The predicted molar refractivity (Wildman–Crippen MR) is 164 cm³/mol. The summed E-state index contributed by atoms with van der Waals surface area (Å²) in [7, 11) is -4.85. The van der Waals surface area contributed by atoms with Crippen molar-refractivity contribution >= 4 is 45.4 Å². The molecule has 0 heterocycles. The van der Waals surface area contributed by atoms with E-state index in [4.69, 9.17) is 0 Å². The Morgan fingerprint density at radius 3 is 1.79 bits per heavy atom. The number of carbonyl (C=O) groups excluding carboxylic acids is 1. The van der Waals surface area contributed by atoms with Crippen LogP contribution in [0.25, 0.3) is 5.57 Å². The molecule has 47 heavy (non-hydrogen) atoms. The summed E-state index contributed by atoms with van der Waals surface area (Å²) in [4.78, 5) is 60.4. The standard InChI is InChI=1S/C31H32N2O13S/c1-17-7-19(9-21(30(17)42)11-32(13-25(34)35)14-26(36)37)29(23-5-3-4-6-24(23)47(44,45)46)20-8-18(2)31(43)22(10-20)12-33(15-27(38)39)16-28(40)41/h3-10,42H,11-16H2,1-2H3,(H,34,35)(H,36,37)(H,38,39)(H,40,41)(H,44,45,46). The molecular weight excluding hydrogens is 640 g/mol. The van der Waals surface area contributed by atoms with Crippen molar-refractivity contribution < 1.29 is 62.5 Å². The summed E-state index contributed by atoms with van der Waals surface area (Å²) in [5.41, 5.74) is 0.904. The number of aryl methyl sites for hydroxylation is 1. The normalized spacial score (nSPS) is 14.5. The second-order valence-electron chi connectivity index (χ2n) is 10.8. The van der Waals surface area contributed by atoms with Crippen LogP contribution in [0.3, 0.4) is 0 Å². The summed E-state index contributed by atoms with van der Waals surface area (Å²) in [6, 6.07) is 8.21. The highest BCUT2D eigenvalue weighted by molar-refractivity contribution is 7.86. The van der Waals surface area contributed by atoms with E-state index in [2.05, 4.69) is 0 Å². The fourth-order valence-corrected chi connectivity index (χ4v) is 5.88. The zero-order chi connectivity index (χ0) is 35.2. The van der Waals surface area contributed by atoms with Gasteiger partial charge in [-0.1, -0.05) is 18.2 Å². The van der Waals surface area contributed by atoms with E-state index in [0.29, 0.717) is 0 Å². The van der Waals surface area contributed by atoms with Gasteiger partial charge in [0.2, 0.25) is 0 Å². The minimum Gasteiger partial charge on any atom is -0.507 e. The van der Waals surface area contributed by atoms with Crippen molar-refractivity contribution in [3.8, 4) is 5.75 Å². The molecule has 0 unspecified atom stereocenters. The Morgan fingerprint density at radius 1 is 0.766 bits per heavy atom. The molecule has 0 aliphatic heterocycles. The Bertz CT molecular complexity index is 1810. The molecule has 3 rings (SSSR count). The summed E-state index contributed by atoms with van der Waals surface area (Å²) in [6.45, 7) is -0.596. The van der Waals surface area contributed by atoms with Crippen LogP contribution in [-0.4, -0.2) is 111 Å². The third kappa shape index (κ3) is 9.67. The largest absolute Gasteiger partial charge is 0.507 e. The molecule has 0 fully saturated rings. The Kier molecular flexibility index (Phi) is 11.6. The van der Waals surface area contributed by atoms with Gasteiger partial charge in [0.1, 0.15) is 10.6 Å². The number of nitrogens with zero attached hydrogens (tertiary/aromatic N) is 2. The maximum absolute atomic E-state index is 13.2. The van der Waals surface area contributed by atoms with Gasteiger partial charge in [0.05, 0.1) is 26.2 Å². The highest BCUT2D eigenvalue weighted by Crippen LogP contribution is 2.38. The van der Waals surface area contributed by atoms with Gasteiger partial charge in [-0.05, 0) is 72.0 Å². The van der Waals surface area contributed by atoms with Gasteiger partial charge in [-0.15, -0.1) is 0 Å². The van der Waals surface area contributed by atoms with E-state index in [1.165, 1.54) is 56.3 Å². The van der Waals surface area contributed by atoms with Crippen LogP contribution in [0, 0.1) is 6.92 Å². The zero-order valence-corrected chi connectivity index (χ0v) is 26.0. The molecule has 0 saturated carbocycles. The molecule has 0 radical (unpaired) electrons. The molecule has 15 nitrogen and oxygen atoms in total. The molecule has 6 N–H and O–H groups in total. The highest BCUT2D eigenvalue weighted by Gasteiger charge is 2.27. The summed E-state index contributed by atoms with van der Waals surface area (Å²) < 4.78 is 35.2. The van der Waals surface area contributed by atoms with Crippen LogP contribution in [0.15, 0.2) is 70.2 Å². The number of phenolic OH excluding ortho intramolecular Hbond substituents is 1. The Balaban J connectivity index is 2.38. The van der Waals surface area contributed by atoms with Crippen LogP contribution in [0.1, 0.15) is 29.2 Å². The van der Waals surface area contributed by atoms with Gasteiger partial charge >= 0.3 is 23.9 Å². The number of Topliss-reactive ketones (excluding diaryl/α,β-unsaturated/α-hetero) is 1. The molecule has 0 saturated heterocycles. The van der Waals surface area contributed by atoms with Crippen molar-refractivity contribution in [3.63, 3.8) is 0 Å². The Labute approximate surface area is 268 Å². The number of phenols is 1. The van der Waals surface area contributed by atoms with Crippen molar-refractivity contribution in [3.05, 3.63) is 87.5 Å². The van der Waals surface area contributed by atoms with Crippen molar-refractivity contribution in [2.45, 2.75) is 25.3 Å². The molecule has 1 aliphatic rings. The van der Waals surface area contributed by atoms with Crippen molar-refractivity contribution in [2.75, 3.05) is 32.7 Å². The molecular formula is C31H32N2O13S. The maximum atomic E-state index is 13.2. The van der Waals surface area contributed by atoms with Gasteiger partial charge in [0, 0.05) is 29.8 Å². The van der Waals surface area contributed by atoms with Gasteiger partial charge < -0.3 is 25.5 Å². The third-order valence-corrected chi connectivity index (χ3v) is 7.88. The molecule has 0 amide bonds. The molecule has 0 bridgehead atoms. The Hall–Kier alpha value is -5.16. The van der Waals surface area contributed by atoms with Gasteiger partial charge in [0.15, 0.2) is 5.78 Å². The first-order chi connectivity index (χ1) is 21.9. The summed E-state index contributed by atoms with van der Waals surface area (Å²) >= 11 is 0. The third-order valence-electron chi connectivity index (χ3n) is 6.97. The fourth-order valence-electron chi connectivity index (χ4n) is 5.18. The number of rotatable bonds is 15. The van der Waals surface area contributed by atoms with E-state index in [-0.39, 0.29) is 56.8 Å². The first kappa shape index (κ1) is 36.3. The number of hydrogen-bond donors (Lipinski definition) is 6. The first-order valence-electron chi connectivity index (χ1n) is 13.8. The lowest BCUT2D eigenvalue weighted by Gasteiger charge is -2.24. The first-order valence-corrected chi connectivity index (χ1v) is 15.2. The zero-order valence-electron chi connectivity index (χ0n) is 25.2. The highest BCUT2D eigenvalue weighted by atomic mass is 32.2. The minimum absolute atomic E-state index is 0.0193. The Morgan fingerprint density at radius 2 is 1.28 bits per heavy atom. The summed E-state index contributed by atoms with van der Waals surface area (Å²) in [5.74, 6) is -6.15.